The van der Waals surface area contributed by atoms with E-state index in [-0.39, 0.29) is 6.04 Å². The van der Waals surface area contributed by atoms with Crippen molar-refractivity contribution < 1.29 is 9.47 Å². The Morgan fingerprint density at radius 1 is 1.50 bits per heavy atom. The maximum absolute atomic E-state index is 5.52. The molecule has 60 valence electrons. The Kier molecular flexibility index (Phi) is 2.25. The van der Waals surface area contributed by atoms with Crippen molar-refractivity contribution in [2.45, 2.75) is 18.8 Å². The highest BCUT2D eigenvalue weighted by Crippen LogP contribution is 2.15. The van der Waals surface area contributed by atoms with Crippen LogP contribution in [-0.4, -0.2) is 31.6 Å². The van der Waals surface area contributed by atoms with Crippen molar-refractivity contribution in [3.63, 3.8) is 0 Å². The first-order valence-corrected chi connectivity index (χ1v) is 3.40. The van der Waals surface area contributed by atoms with Gasteiger partial charge in [-0.1, -0.05) is 0 Å². The van der Waals surface area contributed by atoms with Crippen LogP contribution in [0, 0.1) is 0 Å². The zero-order chi connectivity index (χ0) is 7.61. The lowest BCUT2D eigenvalue weighted by atomic mass is 10.2. The SMILES string of the molecule is CC1(CN)OCC(N)CO1. The van der Waals surface area contributed by atoms with Gasteiger partial charge < -0.3 is 20.9 Å². The van der Waals surface area contributed by atoms with E-state index in [1.165, 1.54) is 0 Å². The third-order valence-corrected chi connectivity index (χ3v) is 1.58. The number of rotatable bonds is 1. The zero-order valence-electron chi connectivity index (χ0n) is 6.17. The van der Waals surface area contributed by atoms with Crippen LogP contribution in [-0.2, 0) is 9.47 Å². The third kappa shape index (κ3) is 1.67. The van der Waals surface area contributed by atoms with Crippen molar-refractivity contribution in [1.82, 2.24) is 0 Å². The monoisotopic (exact) mass is 146 g/mol. The Balaban J connectivity index is 2.38. The van der Waals surface area contributed by atoms with Gasteiger partial charge in [0.05, 0.1) is 19.3 Å². The lowest BCUT2D eigenvalue weighted by Crippen LogP contribution is -2.51. The Bertz CT molecular complexity index is 110. The van der Waals surface area contributed by atoms with E-state index in [1.54, 1.807) is 0 Å². The van der Waals surface area contributed by atoms with Gasteiger partial charge in [-0.15, -0.1) is 0 Å². The highest BCUT2D eigenvalue weighted by molar-refractivity contribution is 4.73. The highest BCUT2D eigenvalue weighted by Gasteiger charge is 2.29. The van der Waals surface area contributed by atoms with Gasteiger partial charge in [-0.3, -0.25) is 0 Å². The van der Waals surface area contributed by atoms with Crippen LogP contribution in [0.25, 0.3) is 0 Å². The minimum Gasteiger partial charge on any atom is -0.347 e. The summed E-state index contributed by atoms with van der Waals surface area (Å²) in [5.41, 5.74) is 10.9. The van der Waals surface area contributed by atoms with Crippen LogP contribution in [0.1, 0.15) is 6.92 Å². The van der Waals surface area contributed by atoms with Gasteiger partial charge in [-0.2, -0.15) is 0 Å². The molecule has 1 aliphatic rings. The fraction of sp³-hybridized carbons (Fsp3) is 1.00. The summed E-state index contributed by atoms with van der Waals surface area (Å²) >= 11 is 0. The van der Waals surface area contributed by atoms with E-state index in [9.17, 15) is 0 Å². The van der Waals surface area contributed by atoms with E-state index in [2.05, 4.69) is 0 Å². The van der Waals surface area contributed by atoms with Crippen LogP contribution in [0.4, 0.5) is 0 Å². The number of hydrogen-bond donors (Lipinski definition) is 2. The molecule has 1 heterocycles. The van der Waals surface area contributed by atoms with Gasteiger partial charge >= 0.3 is 0 Å². The second-order valence-corrected chi connectivity index (χ2v) is 2.72. The van der Waals surface area contributed by atoms with Crippen molar-refractivity contribution >= 4 is 0 Å². The minimum atomic E-state index is -0.601. The summed E-state index contributed by atoms with van der Waals surface area (Å²) in [5.74, 6) is -0.601. The molecule has 0 atom stereocenters. The summed E-state index contributed by atoms with van der Waals surface area (Å²) < 4.78 is 10.5. The molecule has 4 heteroatoms. The summed E-state index contributed by atoms with van der Waals surface area (Å²) in [5, 5.41) is 0. The molecule has 0 spiro atoms. The fourth-order valence-electron chi connectivity index (χ4n) is 0.774. The molecular formula is C6H14N2O2. The molecule has 0 unspecified atom stereocenters. The van der Waals surface area contributed by atoms with E-state index in [0.717, 1.165) is 0 Å². The largest absolute Gasteiger partial charge is 0.347 e. The molecule has 10 heavy (non-hydrogen) atoms. The molecule has 1 saturated heterocycles. The van der Waals surface area contributed by atoms with Crippen molar-refractivity contribution in [2.75, 3.05) is 19.8 Å². The molecule has 0 amide bonds. The summed E-state index contributed by atoms with van der Waals surface area (Å²) in [6.07, 6.45) is 0. The zero-order valence-corrected chi connectivity index (χ0v) is 6.17. The van der Waals surface area contributed by atoms with Gasteiger partial charge in [0.15, 0.2) is 5.79 Å². The van der Waals surface area contributed by atoms with Gasteiger partial charge in [-0.25, -0.2) is 0 Å². The topological polar surface area (TPSA) is 70.5 Å². The second-order valence-electron chi connectivity index (χ2n) is 2.72. The Hall–Kier alpha value is -0.160. The van der Waals surface area contributed by atoms with Gasteiger partial charge in [-0.05, 0) is 6.92 Å². The van der Waals surface area contributed by atoms with Gasteiger partial charge in [0, 0.05) is 6.54 Å². The molecule has 1 rings (SSSR count). The quantitative estimate of drug-likeness (QED) is 0.499. The van der Waals surface area contributed by atoms with Crippen molar-refractivity contribution in [1.29, 1.82) is 0 Å². The number of ether oxygens (including phenoxy) is 2. The van der Waals surface area contributed by atoms with E-state index in [0.29, 0.717) is 19.8 Å². The molecule has 0 aromatic carbocycles. The normalized spacial score (nSPS) is 41.7. The molecule has 0 radical (unpaired) electrons. The summed E-state index contributed by atoms with van der Waals surface area (Å²) in [4.78, 5) is 0. The number of nitrogens with two attached hydrogens (primary N) is 2. The standard InChI is InChI=1S/C6H14N2O2/c1-6(4-7)9-2-5(8)3-10-6/h5H,2-4,7-8H2,1H3. The van der Waals surface area contributed by atoms with E-state index in [4.69, 9.17) is 20.9 Å². The Morgan fingerprint density at radius 3 is 2.40 bits per heavy atom. The molecular weight excluding hydrogens is 132 g/mol. The molecule has 0 saturated carbocycles. The summed E-state index contributed by atoms with van der Waals surface area (Å²) in [6.45, 7) is 3.26. The molecule has 0 bridgehead atoms. The maximum Gasteiger partial charge on any atom is 0.177 e. The van der Waals surface area contributed by atoms with Crippen LogP contribution in [0.5, 0.6) is 0 Å². The second kappa shape index (κ2) is 2.84. The van der Waals surface area contributed by atoms with Crippen molar-refractivity contribution in [2.24, 2.45) is 11.5 Å². The minimum absolute atomic E-state index is 0.000347. The average Bonchev–Trinajstić information content (AvgIpc) is 1.96. The molecule has 1 fully saturated rings. The van der Waals surface area contributed by atoms with E-state index in [1.807, 2.05) is 6.92 Å². The molecule has 4 nitrogen and oxygen atoms in total. The average molecular weight is 146 g/mol. The maximum atomic E-state index is 5.52. The van der Waals surface area contributed by atoms with Crippen LogP contribution in [0.15, 0.2) is 0 Å². The van der Waals surface area contributed by atoms with Crippen molar-refractivity contribution in [3.05, 3.63) is 0 Å². The molecule has 0 aliphatic carbocycles. The van der Waals surface area contributed by atoms with Gasteiger partial charge in [0.25, 0.3) is 0 Å². The Morgan fingerprint density at radius 2 is 2.00 bits per heavy atom. The lowest BCUT2D eigenvalue weighted by molar-refractivity contribution is -0.254. The first-order valence-electron chi connectivity index (χ1n) is 3.40. The predicted octanol–water partition coefficient (Wildman–Crippen LogP) is -0.965. The highest BCUT2D eigenvalue weighted by atomic mass is 16.7. The number of hydrogen-bond acceptors (Lipinski definition) is 4. The van der Waals surface area contributed by atoms with Crippen LogP contribution >= 0.6 is 0 Å². The lowest BCUT2D eigenvalue weighted by Gasteiger charge is -2.35. The summed E-state index contributed by atoms with van der Waals surface area (Å²) in [6, 6.07) is -0.000347. The first-order chi connectivity index (χ1) is 4.66. The van der Waals surface area contributed by atoms with E-state index >= 15 is 0 Å². The van der Waals surface area contributed by atoms with Crippen molar-refractivity contribution in [3.8, 4) is 0 Å². The van der Waals surface area contributed by atoms with Crippen LogP contribution in [0.2, 0.25) is 0 Å². The molecule has 0 aromatic rings. The van der Waals surface area contributed by atoms with Gasteiger partial charge in [0.1, 0.15) is 0 Å². The molecule has 0 aromatic heterocycles. The Labute approximate surface area is 60.5 Å². The van der Waals surface area contributed by atoms with Crippen LogP contribution < -0.4 is 11.5 Å². The smallest absolute Gasteiger partial charge is 0.177 e. The molecule has 4 N–H and O–H groups in total. The van der Waals surface area contributed by atoms with Crippen LogP contribution in [0.3, 0.4) is 0 Å². The summed E-state index contributed by atoms with van der Waals surface area (Å²) in [7, 11) is 0. The fourth-order valence-corrected chi connectivity index (χ4v) is 0.774. The van der Waals surface area contributed by atoms with E-state index < -0.39 is 5.79 Å². The van der Waals surface area contributed by atoms with Gasteiger partial charge in [0.2, 0.25) is 0 Å². The first kappa shape index (κ1) is 7.94. The molecule has 1 aliphatic heterocycles. The third-order valence-electron chi connectivity index (χ3n) is 1.58. The predicted molar refractivity (Wildman–Crippen MR) is 37.3 cm³/mol.